The Hall–Kier alpha value is -1.39. The van der Waals surface area contributed by atoms with Crippen molar-refractivity contribution in [3.05, 3.63) is 17.8 Å². The van der Waals surface area contributed by atoms with E-state index < -0.39 is 38.1 Å². The van der Waals surface area contributed by atoms with Gasteiger partial charge in [0, 0.05) is 0 Å². The van der Waals surface area contributed by atoms with Crippen molar-refractivity contribution in [1.29, 1.82) is 0 Å². The number of ether oxygens (including phenoxy) is 1. The van der Waals surface area contributed by atoms with Crippen molar-refractivity contribution in [2.75, 3.05) is 6.61 Å². The van der Waals surface area contributed by atoms with Crippen LogP contribution in [-0.4, -0.2) is 30.7 Å². The van der Waals surface area contributed by atoms with Crippen LogP contribution in [0.3, 0.4) is 0 Å². The van der Waals surface area contributed by atoms with Gasteiger partial charge in [-0.15, -0.1) is 0 Å². The Kier molecular flexibility index (Phi) is 5.12. The lowest BCUT2D eigenvalue weighted by Gasteiger charge is -2.32. The molecular formula is C14H19F3N2O4S. The Bertz CT molecular complexity index is 694. The predicted molar refractivity (Wildman–Crippen MR) is 78.7 cm³/mol. The summed E-state index contributed by atoms with van der Waals surface area (Å²) in [5, 5.41) is 14.7. The van der Waals surface area contributed by atoms with E-state index in [1.165, 1.54) is 0 Å². The normalized spacial score (nSPS) is 25.5. The van der Waals surface area contributed by atoms with Crippen molar-refractivity contribution in [3.63, 3.8) is 0 Å². The molecule has 1 aliphatic carbocycles. The Morgan fingerprint density at radius 2 is 2.00 bits per heavy atom. The molecule has 0 saturated heterocycles. The minimum Gasteiger partial charge on any atom is -0.477 e. The first kappa shape index (κ1) is 18.9. The van der Waals surface area contributed by atoms with Gasteiger partial charge in [-0.2, -0.15) is 13.2 Å². The lowest BCUT2D eigenvalue weighted by Crippen LogP contribution is -2.32. The van der Waals surface area contributed by atoms with Crippen molar-refractivity contribution >= 4 is 10.0 Å². The van der Waals surface area contributed by atoms with Gasteiger partial charge in [-0.1, -0.05) is 0 Å². The Morgan fingerprint density at radius 1 is 1.42 bits per heavy atom. The van der Waals surface area contributed by atoms with E-state index in [4.69, 9.17) is 9.88 Å². The van der Waals surface area contributed by atoms with Gasteiger partial charge in [0.1, 0.15) is 10.5 Å². The first-order chi connectivity index (χ1) is 10.9. The molecule has 3 N–H and O–H groups in total. The van der Waals surface area contributed by atoms with E-state index in [1.54, 1.807) is 6.92 Å². The van der Waals surface area contributed by atoms with Crippen molar-refractivity contribution < 1.29 is 31.4 Å². The second-order valence-corrected chi connectivity index (χ2v) is 7.88. The molecule has 10 heteroatoms. The standard InChI is InChI=1S/C14H19F3N2O4S/c1-13(20)4-2-9(3-5-13)8-23-12-11(14(15,16)17)6-10(7-19-12)24(18,21)22/h6-7,9,20H,2-5,8H2,1H3,(H2,18,21,22)/t9-,13+. The van der Waals surface area contributed by atoms with Gasteiger partial charge in [0.2, 0.25) is 15.9 Å². The SMILES string of the molecule is C[C@]1(O)CC[C@@H](COc2ncc(S(N)(=O)=O)cc2C(F)(F)F)CC1. The molecule has 0 atom stereocenters. The number of nitrogens with two attached hydrogens (primary N) is 1. The van der Waals surface area contributed by atoms with Crippen LogP contribution >= 0.6 is 0 Å². The van der Waals surface area contributed by atoms with Gasteiger partial charge in [-0.3, -0.25) is 0 Å². The first-order valence-electron chi connectivity index (χ1n) is 7.34. The highest BCUT2D eigenvalue weighted by atomic mass is 32.2. The van der Waals surface area contributed by atoms with E-state index in [1.807, 2.05) is 0 Å². The van der Waals surface area contributed by atoms with Gasteiger partial charge in [-0.25, -0.2) is 18.5 Å². The van der Waals surface area contributed by atoms with Gasteiger partial charge in [0.25, 0.3) is 0 Å². The third kappa shape index (κ3) is 4.81. The third-order valence-corrected chi connectivity index (χ3v) is 4.98. The minimum absolute atomic E-state index is 0.00558. The Morgan fingerprint density at radius 3 is 2.50 bits per heavy atom. The van der Waals surface area contributed by atoms with Crippen LogP contribution < -0.4 is 9.88 Å². The first-order valence-corrected chi connectivity index (χ1v) is 8.88. The number of halogens is 3. The fourth-order valence-electron chi connectivity index (χ4n) is 2.57. The predicted octanol–water partition coefficient (Wildman–Crippen LogP) is 2.07. The number of hydrogen-bond acceptors (Lipinski definition) is 5. The smallest absolute Gasteiger partial charge is 0.421 e. The molecule has 0 radical (unpaired) electrons. The zero-order valence-electron chi connectivity index (χ0n) is 13.0. The molecule has 0 spiro atoms. The zero-order chi connectivity index (χ0) is 18.2. The number of sulfonamides is 1. The number of rotatable bonds is 4. The van der Waals surface area contributed by atoms with Gasteiger partial charge in [-0.05, 0) is 44.6 Å². The maximum Gasteiger partial charge on any atom is 0.421 e. The highest BCUT2D eigenvalue weighted by Gasteiger charge is 2.37. The zero-order valence-corrected chi connectivity index (χ0v) is 13.8. The monoisotopic (exact) mass is 368 g/mol. The van der Waals surface area contributed by atoms with Gasteiger partial charge >= 0.3 is 6.18 Å². The van der Waals surface area contributed by atoms with Crippen molar-refractivity contribution in [2.45, 2.75) is 49.3 Å². The molecule has 0 bridgehead atoms. The average Bonchev–Trinajstić information content (AvgIpc) is 2.44. The van der Waals surface area contributed by atoms with Crippen LogP contribution in [0.5, 0.6) is 5.88 Å². The molecule has 1 heterocycles. The molecular weight excluding hydrogens is 349 g/mol. The van der Waals surface area contributed by atoms with E-state index in [2.05, 4.69) is 4.98 Å². The summed E-state index contributed by atoms with van der Waals surface area (Å²) in [4.78, 5) is 2.75. The molecule has 0 aromatic carbocycles. The van der Waals surface area contributed by atoms with Crippen molar-refractivity contribution in [3.8, 4) is 5.88 Å². The topological polar surface area (TPSA) is 103 Å². The van der Waals surface area contributed by atoms with Crippen LogP contribution in [0, 0.1) is 5.92 Å². The minimum atomic E-state index is -4.82. The highest BCUT2D eigenvalue weighted by molar-refractivity contribution is 7.89. The van der Waals surface area contributed by atoms with E-state index in [-0.39, 0.29) is 12.5 Å². The third-order valence-electron chi connectivity index (χ3n) is 4.10. The highest BCUT2D eigenvalue weighted by Crippen LogP contribution is 2.37. The van der Waals surface area contributed by atoms with Crippen molar-refractivity contribution in [1.82, 2.24) is 4.98 Å². The number of pyridine rings is 1. The molecule has 1 saturated carbocycles. The summed E-state index contributed by atoms with van der Waals surface area (Å²) in [6.45, 7) is 1.74. The summed E-state index contributed by atoms with van der Waals surface area (Å²) in [6, 6.07) is 0.420. The van der Waals surface area contributed by atoms with Gasteiger partial charge in [0.15, 0.2) is 0 Å². The van der Waals surface area contributed by atoms with Crippen molar-refractivity contribution in [2.24, 2.45) is 11.1 Å². The Balaban J connectivity index is 2.15. The van der Waals surface area contributed by atoms with Gasteiger partial charge < -0.3 is 9.84 Å². The van der Waals surface area contributed by atoms with E-state index in [9.17, 15) is 26.7 Å². The van der Waals surface area contributed by atoms with Crippen LogP contribution in [0.25, 0.3) is 0 Å². The summed E-state index contributed by atoms with van der Waals surface area (Å²) in [5.74, 6) is -0.668. The molecule has 1 aliphatic rings. The van der Waals surface area contributed by atoms with E-state index in [0.29, 0.717) is 31.7 Å². The molecule has 1 aromatic rings. The number of aliphatic hydroxyl groups is 1. The Labute approximate surface area is 137 Å². The summed E-state index contributed by atoms with van der Waals surface area (Å²) < 4.78 is 66.9. The average molecular weight is 368 g/mol. The van der Waals surface area contributed by atoms with Crippen LogP contribution in [0.15, 0.2) is 17.2 Å². The molecule has 6 nitrogen and oxygen atoms in total. The lowest BCUT2D eigenvalue weighted by atomic mass is 9.80. The molecule has 1 aromatic heterocycles. The van der Waals surface area contributed by atoms with Crippen LogP contribution in [0.2, 0.25) is 0 Å². The number of alkyl halides is 3. The molecule has 0 unspecified atom stereocenters. The molecule has 0 amide bonds. The molecule has 24 heavy (non-hydrogen) atoms. The fraction of sp³-hybridized carbons (Fsp3) is 0.643. The number of hydrogen-bond donors (Lipinski definition) is 2. The largest absolute Gasteiger partial charge is 0.477 e. The number of nitrogens with zero attached hydrogens (tertiary/aromatic N) is 1. The van der Waals surface area contributed by atoms with Crippen LogP contribution in [-0.2, 0) is 16.2 Å². The molecule has 1 fully saturated rings. The van der Waals surface area contributed by atoms with E-state index in [0.717, 1.165) is 6.20 Å². The quantitative estimate of drug-likeness (QED) is 0.847. The van der Waals surface area contributed by atoms with Gasteiger partial charge in [0.05, 0.1) is 18.4 Å². The maximum absolute atomic E-state index is 13.1. The summed E-state index contributed by atoms with van der Waals surface area (Å²) >= 11 is 0. The second-order valence-electron chi connectivity index (χ2n) is 6.32. The molecule has 2 rings (SSSR count). The fourth-order valence-corrected chi connectivity index (χ4v) is 3.05. The molecule has 0 aliphatic heterocycles. The number of primary sulfonamides is 1. The number of aromatic nitrogens is 1. The van der Waals surface area contributed by atoms with Crippen LogP contribution in [0.4, 0.5) is 13.2 Å². The second kappa shape index (κ2) is 6.49. The lowest BCUT2D eigenvalue weighted by molar-refractivity contribution is -0.139. The summed E-state index contributed by atoms with van der Waals surface area (Å²) in [5.41, 5.74) is -2.03. The van der Waals surface area contributed by atoms with Crippen LogP contribution in [0.1, 0.15) is 38.2 Å². The summed E-state index contributed by atoms with van der Waals surface area (Å²) in [7, 11) is -4.30. The van der Waals surface area contributed by atoms with E-state index >= 15 is 0 Å². The maximum atomic E-state index is 13.1. The summed E-state index contributed by atoms with van der Waals surface area (Å²) in [6.07, 6.45) is -1.73. The molecule has 136 valence electrons.